The monoisotopic (exact) mass is 324 g/mol. The van der Waals surface area contributed by atoms with Crippen molar-refractivity contribution in [1.29, 1.82) is 5.26 Å². The average molecular weight is 325 g/mol. The Morgan fingerprint density at radius 1 is 1.47 bits per heavy atom. The molecule has 0 amide bonds. The summed E-state index contributed by atoms with van der Waals surface area (Å²) in [6.45, 7) is 6.35. The van der Waals surface area contributed by atoms with Crippen LogP contribution in [-0.2, 0) is 6.42 Å². The Morgan fingerprint density at radius 2 is 2.16 bits per heavy atom. The fourth-order valence-electron chi connectivity index (χ4n) is 1.63. The number of nitrogens with two attached hydrogens (primary N) is 1. The minimum atomic E-state index is -0.346. The Bertz CT molecular complexity index is 464. The van der Waals surface area contributed by atoms with Crippen LogP contribution >= 0.6 is 15.9 Å². The van der Waals surface area contributed by atoms with Crippen molar-refractivity contribution >= 4 is 15.9 Å². The lowest BCUT2D eigenvalue weighted by Crippen LogP contribution is -2.17. The first-order chi connectivity index (χ1) is 8.84. The summed E-state index contributed by atoms with van der Waals surface area (Å²) in [6, 6.07) is 8.42. The smallest absolute Gasteiger partial charge is 0.133 e. The minimum Gasteiger partial charge on any atom is -0.492 e. The maximum absolute atomic E-state index is 8.94. The second kappa shape index (κ2) is 6.93. The van der Waals surface area contributed by atoms with E-state index in [-0.39, 0.29) is 11.5 Å². The normalized spacial score (nSPS) is 12.8. The third-order valence-electron chi connectivity index (χ3n) is 2.84. The predicted octanol–water partition coefficient (Wildman–Crippen LogP) is 3.66. The molecule has 0 bridgehead atoms. The molecule has 1 rings (SSSR count). The molecular weight excluding hydrogens is 304 g/mol. The van der Waals surface area contributed by atoms with Crippen LogP contribution in [0.1, 0.15) is 32.8 Å². The molecule has 1 atom stereocenters. The van der Waals surface area contributed by atoms with E-state index in [0.29, 0.717) is 13.0 Å². The van der Waals surface area contributed by atoms with Gasteiger partial charge in [-0.05, 0) is 67.2 Å². The highest BCUT2D eigenvalue weighted by atomic mass is 79.9. The lowest BCUT2D eigenvalue weighted by molar-refractivity contribution is 0.263. The molecule has 0 aliphatic carbocycles. The van der Waals surface area contributed by atoms with Crippen LogP contribution in [0, 0.1) is 16.7 Å². The van der Waals surface area contributed by atoms with Gasteiger partial charge in [0.1, 0.15) is 5.75 Å². The number of hydrogen-bond acceptors (Lipinski definition) is 3. The van der Waals surface area contributed by atoms with Gasteiger partial charge in [0.05, 0.1) is 22.6 Å². The van der Waals surface area contributed by atoms with Gasteiger partial charge in [0, 0.05) is 6.04 Å². The second-order valence-corrected chi connectivity index (χ2v) is 6.39. The van der Waals surface area contributed by atoms with Crippen LogP contribution in [0.5, 0.6) is 5.75 Å². The zero-order chi connectivity index (χ0) is 14.5. The summed E-state index contributed by atoms with van der Waals surface area (Å²) in [6.07, 6.45) is 1.55. The van der Waals surface area contributed by atoms with Gasteiger partial charge in [-0.15, -0.1) is 0 Å². The third kappa shape index (κ3) is 5.63. The molecular formula is C15H21BrN2O. The van der Waals surface area contributed by atoms with E-state index in [1.807, 2.05) is 39.0 Å². The van der Waals surface area contributed by atoms with Crippen molar-refractivity contribution in [3.05, 3.63) is 28.2 Å². The highest BCUT2D eigenvalue weighted by Gasteiger charge is 2.16. The van der Waals surface area contributed by atoms with E-state index in [1.54, 1.807) is 0 Å². The molecule has 0 radical (unpaired) electrons. The van der Waals surface area contributed by atoms with Crippen molar-refractivity contribution in [1.82, 2.24) is 0 Å². The molecule has 1 unspecified atom stereocenters. The standard InChI is InChI=1S/C15H21BrN2O/c1-11(18)8-12-4-5-14(13(16)9-12)19-7-6-15(2,3)10-17/h4-5,9,11H,6-8,18H2,1-3H3. The second-order valence-electron chi connectivity index (χ2n) is 5.54. The van der Waals surface area contributed by atoms with Crippen molar-refractivity contribution in [2.75, 3.05) is 6.61 Å². The largest absolute Gasteiger partial charge is 0.492 e. The topological polar surface area (TPSA) is 59.0 Å². The number of nitrogens with zero attached hydrogens (tertiary/aromatic N) is 1. The van der Waals surface area contributed by atoms with Crippen LogP contribution in [0.15, 0.2) is 22.7 Å². The van der Waals surface area contributed by atoms with E-state index in [2.05, 4.69) is 22.0 Å². The minimum absolute atomic E-state index is 0.148. The van der Waals surface area contributed by atoms with E-state index in [9.17, 15) is 0 Å². The molecule has 0 saturated carbocycles. The molecule has 0 aromatic heterocycles. The summed E-state index contributed by atoms with van der Waals surface area (Å²) in [5, 5.41) is 8.94. The number of nitriles is 1. The quantitative estimate of drug-likeness (QED) is 0.868. The predicted molar refractivity (Wildman–Crippen MR) is 81.0 cm³/mol. The number of hydrogen-bond donors (Lipinski definition) is 1. The van der Waals surface area contributed by atoms with Gasteiger partial charge in [0.2, 0.25) is 0 Å². The molecule has 2 N–H and O–H groups in total. The summed E-state index contributed by atoms with van der Waals surface area (Å²) >= 11 is 3.50. The fraction of sp³-hybridized carbons (Fsp3) is 0.533. The van der Waals surface area contributed by atoms with Crippen LogP contribution in [-0.4, -0.2) is 12.6 Å². The molecule has 0 aliphatic rings. The molecule has 0 aliphatic heterocycles. The zero-order valence-electron chi connectivity index (χ0n) is 11.7. The summed E-state index contributed by atoms with van der Waals surface area (Å²) < 4.78 is 6.64. The SMILES string of the molecule is CC(N)Cc1ccc(OCCC(C)(C)C#N)c(Br)c1. The lowest BCUT2D eigenvalue weighted by atomic mass is 9.92. The number of rotatable bonds is 6. The Balaban J connectivity index is 2.59. The first-order valence-corrected chi connectivity index (χ1v) is 7.21. The van der Waals surface area contributed by atoms with Gasteiger partial charge in [-0.2, -0.15) is 5.26 Å². The highest BCUT2D eigenvalue weighted by Crippen LogP contribution is 2.27. The van der Waals surface area contributed by atoms with Crippen molar-refractivity contribution in [3.8, 4) is 11.8 Å². The van der Waals surface area contributed by atoms with Gasteiger partial charge in [-0.3, -0.25) is 0 Å². The summed E-state index contributed by atoms with van der Waals surface area (Å²) in [7, 11) is 0. The fourth-order valence-corrected chi connectivity index (χ4v) is 2.17. The van der Waals surface area contributed by atoms with Crippen molar-refractivity contribution < 1.29 is 4.74 Å². The molecule has 0 heterocycles. The summed E-state index contributed by atoms with van der Waals surface area (Å²) in [5.41, 5.74) is 6.62. The van der Waals surface area contributed by atoms with Gasteiger partial charge in [0.25, 0.3) is 0 Å². The maximum Gasteiger partial charge on any atom is 0.133 e. The van der Waals surface area contributed by atoms with E-state index >= 15 is 0 Å². The summed E-state index contributed by atoms with van der Waals surface area (Å²) in [4.78, 5) is 0. The van der Waals surface area contributed by atoms with Gasteiger partial charge >= 0.3 is 0 Å². The van der Waals surface area contributed by atoms with Gasteiger partial charge in [0.15, 0.2) is 0 Å². The van der Waals surface area contributed by atoms with E-state index in [0.717, 1.165) is 16.6 Å². The van der Waals surface area contributed by atoms with E-state index in [1.165, 1.54) is 5.56 Å². The Morgan fingerprint density at radius 3 is 2.68 bits per heavy atom. The first kappa shape index (κ1) is 16.0. The van der Waals surface area contributed by atoms with E-state index < -0.39 is 0 Å². The molecule has 0 saturated heterocycles. The van der Waals surface area contributed by atoms with Crippen molar-refractivity contribution in [2.24, 2.45) is 11.1 Å². The average Bonchev–Trinajstić information content (AvgIpc) is 2.31. The Labute approximate surface area is 123 Å². The van der Waals surface area contributed by atoms with Crippen LogP contribution in [0.4, 0.5) is 0 Å². The van der Waals surface area contributed by atoms with Crippen LogP contribution in [0.25, 0.3) is 0 Å². The number of benzene rings is 1. The molecule has 1 aromatic rings. The van der Waals surface area contributed by atoms with Crippen LogP contribution in [0.2, 0.25) is 0 Å². The molecule has 4 heteroatoms. The summed E-state index contributed by atoms with van der Waals surface area (Å²) in [5.74, 6) is 0.808. The van der Waals surface area contributed by atoms with E-state index in [4.69, 9.17) is 15.7 Å². The van der Waals surface area contributed by atoms with Gasteiger partial charge in [-0.25, -0.2) is 0 Å². The zero-order valence-corrected chi connectivity index (χ0v) is 13.3. The molecule has 19 heavy (non-hydrogen) atoms. The van der Waals surface area contributed by atoms with Crippen molar-refractivity contribution in [2.45, 2.75) is 39.7 Å². The third-order valence-corrected chi connectivity index (χ3v) is 3.46. The molecule has 3 nitrogen and oxygen atoms in total. The molecule has 0 spiro atoms. The lowest BCUT2D eigenvalue weighted by Gasteiger charge is -2.16. The number of halogens is 1. The Hall–Kier alpha value is -1.05. The van der Waals surface area contributed by atoms with Crippen LogP contribution in [0.3, 0.4) is 0 Å². The Kier molecular flexibility index (Phi) is 5.84. The first-order valence-electron chi connectivity index (χ1n) is 6.42. The van der Waals surface area contributed by atoms with Crippen molar-refractivity contribution in [3.63, 3.8) is 0 Å². The maximum atomic E-state index is 8.94. The highest BCUT2D eigenvalue weighted by molar-refractivity contribution is 9.10. The van der Waals surface area contributed by atoms with Crippen LogP contribution < -0.4 is 10.5 Å². The van der Waals surface area contributed by atoms with Gasteiger partial charge < -0.3 is 10.5 Å². The molecule has 1 aromatic carbocycles. The number of ether oxygens (including phenoxy) is 1. The molecule has 0 fully saturated rings. The molecule has 104 valence electrons. The van der Waals surface area contributed by atoms with Gasteiger partial charge in [-0.1, -0.05) is 6.07 Å².